The molecule has 31 heavy (non-hydrogen) atoms. The first-order valence-electron chi connectivity index (χ1n) is 10.9. The van der Waals surface area contributed by atoms with E-state index in [0.717, 1.165) is 24.1 Å². The quantitative estimate of drug-likeness (QED) is 0.461. The van der Waals surface area contributed by atoms with E-state index in [1.165, 1.54) is 0 Å². The zero-order valence-electron chi connectivity index (χ0n) is 18.5. The zero-order valence-corrected chi connectivity index (χ0v) is 18.5. The smallest absolute Gasteiger partial charge is 0.249 e. The molecular weight excluding hydrogens is 394 g/mol. The molecule has 1 aromatic heterocycles. The fourth-order valence-electron chi connectivity index (χ4n) is 3.51. The molecule has 0 spiro atoms. The van der Waals surface area contributed by atoms with Gasteiger partial charge in [0.1, 0.15) is 6.61 Å². The molecule has 2 amide bonds. The van der Waals surface area contributed by atoms with E-state index in [9.17, 15) is 9.59 Å². The molecule has 2 aromatic rings. The van der Waals surface area contributed by atoms with Crippen LogP contribution in [0.1, 0.15) is 30.5 Å². The number of hydrogen-bond donors (Lipinski definition) is 0. The van der Waals surface area contributed by atoms with Crippen molar-refractivity contribution >= 4 is 11.8 Å². The topological polar surface area (TPSA) is 64.0 Å². The first-order chi connectivity index (χ1) is 15.1. The maximum Gasteiger partial charge on any atom is 0.249 e. The Bertz CT molecular complexity index is 832. The predicted octanol–water partition coefficient (Wildman–Crippen LogP) is 2.60. The highest BCUT2D eigenvalue weighted by Crippen LogP contribution is 2.28. The molecule has 1 fully saturated rings. The van der Waals surface area contributed by atoms with Crippen LogP contribution in [0.3, 0.4) is 0 Å². The summed E-state index contributed by atoms with van der Waals surface area (Å²) >= 11 is 0. The van der Waals surface area contributed by atoms with Crippen LogP contribution in [0, 0.1) is 0 Å². The van der Waals surface area contributed by atoms with Gasteiger partial charge in [-0.05, 0) is 37.0 Å². The minimum Gasteiger partial charge on any atom is -0.385 e. The Labute approximate surface area is 184 Å². The summed E-state index contributed by atoms with van der Waals surface area (Å²) in [7, 11) is 3.62. The monoisotopic (exact) mass is 427 g/mol. The van der Waals surface area contributed by atoms with E-state index in [1.54, 1.807) is 12.0 Å². The Kier molecular flexibility index (Phi) is 8.67. The highest BCUT2D eigenvalue weighted by Gasteiger charge is 2.34. The number of aryl methyl sites for hydroxylation is 1. The van der Waals surface area contributed by atoms with Gasteiger partial charge in [-0.1, -0.05) is 30.3 Å². The van der Waals surface area contributed by atoms with Crippen LogP contribution in [-0.2, 0) is 39.3 Å². The molecule has 7 heteroatoms. The van der Waals surface area contributed by atoms with Gasteiger partial charge in [-0.3, -0.25) is 9.59 Å². The van der Waals surface area contributed by atoms with E-state index in [4.69, 9.17) is 9.47 Å². The molecule has 0 unspecified atom stereocenters. The van der Waals surface area contributed by atoms with E-state index >= 15 is 0 Å². The van der Waals surface area contributed by atoms with Crippen LogP contribution in [0.5, 0.6) is 0 Å². The number of methoxy groups -OCH3 is 1. The zero-order chi connectivity index (χ0) is 22.1. The third-order valence-electron chi connectivity index (χ3n) is 5.48. The number of rotatable bonds is 13. The van der Waals surface area contributed by atoms with E-state index < -0.39 is 0 Å². The normalized spacial score (nSPS) is 13.2. The lowest BCUT2D eigenvalue weighted by atomic mass is 10.2. The van der Waals surface area contributed by atoms with Gasteiger partial charge < -0.3 is 23.8 Å². The highest BCUT2D eigenvalue weighted by atomic mass is 16.5. The SMILES string of the molecule is COCCCN(CC(=O)N(Cc1cccn1C)C1CC1)C(=O)COCc1ccccc1. The standard InChI is InChI=1S/C24H33N3O4/c1-25-13-6-10-22(25)16-27(21-11-12-21)23(28)17-26(14-7-15-30-2)24(29)19-31-18-20-8-4-3-5-9-20/h3-6,8-10,13,21H,7,11-12,14-19H2,1-2H3. The van der Waals surface area contributed by atoms with E-state index in [0.29, 0.717) is 32.7 Å². The summed E-state index contributed by atoms with van der Waals surface area (Å²) in [5.41, 5.74) is 2.10. The molecule has 168 valence electrons. The van der Waals surface area contributed by atoms with Crippen molar-refractivity contribution in [3.05, 3.63) is 59.9 Å². The van der Waals surface area contributed by atoms with Crippen molar-refractivity contribution in [1.29, 1.82) is 0 Å². The summed E-state index contributed by atoms with van der Waals surface area (Å²) in [6, 6.07) is 14.0. The van der Waals surface area contributed by atoms with Crippen molar-refractivity contribution in [3.63, 3.8) is 0 Å². The lowest BCUT2D eigenvalue weighted by Crippen LogP contribution is -2.45. The predicted molar refractivity (Wildman–Crippen MR) is 118 cm³/mol. The molecule has 1 aliphatic rings. The van der Waals surface area contributed by atoms with Crippen LogP contribution >= 0.6 is 0 Å². The Morgan fingerprint density at radius 3 is 2.52 bits per heavy atom. The van der Waals surface area contributed by atoms with Crippen LogP contribution in [0.15, 0.2) is 48.7 Å². The van der Waals surface area contributed by atoms with Crippen molar-refractivity contribution < 1.29 is 19.1 Å². The van der Waals surface area contributed by atoms with Gasteiger partial charge in [-0.2, -0.15) is 0 Å². The first kappa shape index (κ1) is 23.0. The maximum absolute atomic E-state index is 13.2. The number of nitrogens with zero attached hydrogens (tertiary/aromatic N) is 3. The van der Waals surface area contributed by atoms with E-state index in [-0.39, 0.29) is 31.0 Å². The van der Waals surface area contributed by atoms with Gasteiger partial charge in [-0.15, -0.1) is 0 Å². The molecule has 1 aromatic carbocycles. The van der Waals surface area contributed by atoms with Gasteiger partial charge in [0.15, 0.2) is 0 Å². The van der Waals surface area contributed by atoms with Crippen molar-refractivity contribution in [2.24, 2.45) is 7.05 Å². The van der Waals surface area contributed by atoms with Crippen LogP contribution < -0.4 is 0 Å². The second-order valence-electron chi connectivity index (χ2n) is 8.00. The maximum atomic E-state index is 13.2. The minimum absolute atomic E-state index is 0.0162. The molecule has 1 aliphatic carbocycles. The van der Waals surface area contributed by atoms with E-state index in [1.807, 2.05) is 65.2 Å². The molecule has 1 heterocycles. The summed E-state index contributed by atoms with van der Waals surface area (Å²) in [5, 5.41) is 0. The van der Waals surface area contributed by atoms with Crippen LogP contribution in [0.25, 0.3) is 0 Å². The second-order valence-corrected chi connectivity index (χ2v) is 8.00. The lowest BCUT2D eigenvalue weighted by molar-refractivity contribution is -0.144. The van der Waals surface area contributed by atoms with Gasteiger partial charge in [0.2, 0.25) is 11.8 Å². The Morgan fingerprint density at radius 1 is 1.10 bits per heavy atom. The summed E-state index contributed by atoms with van der Waals surface area (Å²) in [6.45, 7) is 1.97. The number of amides is 2. The summed E-state index contributed by atoms with van der Waals surface area (Å²) in [6.07, 6.45) is 4.70. The van der Waals surface area contributed by atoms with Gasteiger partial charge >= 0.3 is 0 Å². The largest absolute Gasteiger partial charge is 0.385 e. The van der Waals surface area contributed by atoms with Crippen molar-refractivity contribution in [1.82, 2.24) is 14.4 Å². The average Bonchev–Trinajstić information content (AvgIpc) is 3.53. The van der Waals surface area contributed by atoms with Crippen molar-refractivity contribution in [2.75, 3.05) is 33.4 Å². The minimum atomic E-state index is -0.171. The average molecular weight is 428 g/mol. The van der Waals surface area contributed by atoms with Gasteiger partial charge in [0.25, 0.3) is 0 Å². The molecule has 1 saturated carbocycles. The van der Waals surface area contributed by atoms with Crippen LogP contribution in [0.2, 0.25) is 0 Å². The summed E-state index contributed by atoms with van der Waals surface area (Å²) < 4.78 is 12.8. The third kappa shape index (κ3) is 7.22. The van der Waals surface area contributed by atoms with Gasteiger partial charge in [0.05, 0.1) is 19.7 Å². The van der Waals surface area contributed by atoms with Gasteiger partial charge in [-0.25, -0.2) is 0 Å². The summed E-state index contributed by atoms with van der Waals surface area (Å²) in [4.78, 5) is 29.5. The molecule has 0 bridgehead atoms. The molecular formula is C24H33N3O4. The highest BCUT2D eigenvalue weighted by molar-refractivity contribution is 5.85. The van der Waals surface area contributed by atoms with Crippen molar-refractivity contribution in [3.8, 4) is 0 Å². The van der Waals surface area contributed by atoms with Crippen LogP contribution in [0.4, 0.5) is 0 Å². The molecule has 3 rings (SSSR count). The molecule has 0 aliphatic heterocycles. The van der Waals surface area contributed by atoms with Crippen molar-refractivity contribution in [2.45, 2.75) is 38.5 Å². The number of hydrogen-bond acceptors (Lipinski definition) is 4. The Balaban J connectivity index is 1.57. The summed E-state index contributed by atoms with van der Waals surface area (Å²) in [5.74, 6) is -0.187. The number of ether oxygens (including phenoxy) is 2. The molecule has 0 radical (unpaired) electrons. The molecule has 0 atom stereocenters. The number of carbonyl (C=O) groups excluding carboxylic acids is 2. The second kappa shape index (κ2) is 11.7. The Morgan fingerprint density at radius 2 is 1.87 bits per heavy atom. The number of benzene rings is 1. The number of aromatic nitrogens is 1. The first-order valence-corrected chi connectivity index (χ1v) is 10.9. The molecule has 0 saturated heterocycles. The molecule has 7 nitrogen and oxygen atoms in total. The van der Waals surface area contributed by atoms with Crippen LogP contribution in [-0.4, -0.2) is 65.6 Å². The number of carbonyl (C=O) groups is 2. The third-order valence-corrected chi connectivity index (χ3v) is 5.48. The fraction of sp³-hybridized carbons (Fsp3) is 0.500. The fourth-order valence-corrected chi connectivity index (χ4v) is 3.51. The van der Waals surface area contributed by atoms with E-state index in [2.05, 4.69) is 0 Å². The van der Waals surface area contributed by atoms with Gasteiger partial charge in [0, 0.05) is 45.2 Å². The molecule has 0 N–H and O–H groups in total. The lowest BCUT2D eigenvalue weighted by Gasteiger charge is -2.28. The Hall–Kier alpha value is -2.64.